The Bertz CT molecular complexity index is 1110. The number of halogens is 1. The van der Waals surface area contributed by atoms with Gasteiger partial charge in [0, 0.05) is 29.3 Å². The highest BCUT2D eigenvalue weighted by molar-refractivity contribution is 5.86. The summed E-state index contributed by atoms with van der Waals surface area (Å²) in [4.78, 5) is 3.24. The molecule has 2 N–H and O–H groups in total. The molecule has 0 aliphatic rings. The molecule has 0 aliphatic carbocycles. The standard InChI is InChI=1S/C26H25FN2/c1-26(17-20-7-10-23(27)11-8-20,18-24(28)15-19-5-3-2-4-6-19)22-9-12-25-21(16-22)13-14-29-25/h2-14,16,28-29H,15,17-18H2,1H3. The molecule has 29 heavy (non-hydrogen) atoms. The highest BCUT2D eigenvalue weighted by atomic mass is 19.1. The second-order valence-electron chi connectivity index (χ2n) is 8.09. The average molecular weight is 384 g/mol. The van der Waals surface area contributed by atoms with E-state index in [2.05, 4.69) is 48.3 Å². The first-order chi connectivity index (χ1) is 14.0. The van der Waals surface area contributed by atoms with Gasteiger partial charge in [0.05, 0.1) is 0 Å². The first-order valence-electron chi connectivity index (χ1n) is 9.94. The van der Waals surface area contributed by atoms with Crippen molar-refractivity contribution in [2.24, 2.45) is 0 Å². The van der Waals surface area contributed by atoms with Gasteiger partial charge >= 0.3 is 0 Å². The minimum Gasteiger partial charge on any atom is -0.361 e. The summed E-state index contributed by atoms with van der Waals surface area (Å²) in [5.74, 6) is -0.221. The van der Waals surface area contributed by atoms with Crippen molar-refractivity contribution in [1.82, 2.24) is 4.98 Å². The highest BCUT2D eigenvalue weighted by Gasteiger charge is 2.29. The van der Waals surface area contributed by atoms with E-state index in [0.717, 1.165) is 23.1 Å². The van der Waals surface area contributed by atoms with Crippen LogP contribution in [0.25, 0.3) is 10.9 Å². The Morgan fingerprint density at radius 1 is 0.931 bits per heavy atom. The Kier molecular flexibility index (Phi) is 5.30. The van der Waals surface area contributed by atoms with E-state index in [1.165, 1.54) is 23.1 Å². The van der Waals surface area contributed by atoms with E-state index in [-0.39, 0.29) is 11.2 Å². The molecule has 2 nitrogen and oxygen atoms in total. The maximum Gasteiger partial charge on any atom is 0.123 e. The lowest BCUT2D eigenvalue weighted by molar-refractivity contribution is 0.485. The van der Waals surface area contributed by atoms with E-state index in [9.17, 15) is 4.39 Å². The van der Waals surface area contributed by atoms with Crippen molar-refractivity contribution in [1.29, 1.82) is 5.41 Å². The molecule has 146 valence electrons. The molecule has 0 radical (unpaired) electrons. The van der Waals surface area contributed by atoms with Gasteiger partial charge in [-0.15, -0.1) is 0 Å². The van der Waals surface area contributed by atoms with Gasteiger partial charge in [-0.3, -0.25) is 0 Å². The van der Waals surface area contributed by atoms with Crippen molar-refractivity contribution in [3.05, 3.63) is 108 Å². The van der Waals surface area contributed by atoms with E-state index in [1.54, 1.807) is 0 Å². The third-order valence-corrected chi connectivity index (χ3v) is 5.62. The third kappa shape index (κ3) is 4.45. The monoisotopic (exact) mass is 384 g/mol. The van der Waals surface area contributed by atoms with Gasteiger partial charge in [-0.25, -0.2) is 4.39 Å². The predicted molar refractivity (Wildman–Crippen MR) is 118 cm³/mol. The smallest absolute Gasteiger partial charge is 0.123 e. The molecular formula is C26H25FN2. The van der Waals surface area contributed by atoms with Crippen molar-refractivity contribution in [2.75, 3.05) is 0 Å². The van der Waals surface area contributed by atoms with Crippen LogP contribution in [0.5, 0.6) is 0 Å². The molecule has 1 unspecified atom stereocenters. The minimum atomic E-state index is -0.255. The fourth-order valence-corrected chi connectivity index (χ4v) is 4.12. The van der Waals surface area contributed by atoms with Gasteiger partial charge in [-0.2, -0.15) is 0 Å². The zero-order valence-corrected chi connectivity index (χ0v) is 16.6. The van der Waals surface area contributed by atoms with Gasteiger partial charge in [0.2, 0.25) is 0 Å². The number of H-pyrrole nitrogens is 1. The molecule has 0 saturated heterocycles. The first kappa shape index (κ1) is 19.1. The number of hydrogen-bond donors (Lipinski definition) is 2. The van der Waals surface area contributed by atoms with Crippen molar-refractivity contribution in [2.45, 2.75) is 31.6 Å². The Morgan fingerprint density at radius 2 is 1.69 bits per heavy atom. The topological polar surface area (TPSA) is 39.6 Å². The zero-order chi connectivity index (χ0) is 20.3. The highest BCUT2D eigenvalue weighted by Crippen LogP contribution is 2.34. The lowest BCUT2D eigenvalue weighted by Crippen LogP contribution is -2.29. The molecular weight excluding hydrogens is 359 g/mol. The first-order valence-corrected chi connectivity index (χ1v) is 9.94. The fraction of sp³-hybridized carbons (Fsp3) is 0.192. The van der Waals surface area contributed by atoms with Crippen LogP contribution in [-0.2, 0) is 18.3 Å². The van der Waals surface area contributed by atoms with Gasteiger partial charge in [-0.1, -0.05) is 55.5 Å². The van der Waals surface area contributed by atoms with Gasteiger partial charge in [0.1, 0.15) is 5.82 Å². The van der Waals surface area contributed by atoms with E-state index in [0.29, 0.717) is 18.6 Å². The summed E-state index contributed by atoms with van der Waals surface area (Å²) in [5, 5.41) is 9.87. The van der Waals surface area contributed by atoms with Gasteiger partial charge in [-0.05, 0) is 65.3 Å². The molecule has 0 spiro atoms. The largest absolute Gasteiger partial charge is 0.361 e. The van der Waals surface area contributed by atoms with Crippen LogP contribution < -0.4 is 0 Å². The molecule has 0 amide bonds. The maximum absolute atomic E-state index is 13.4. The molecule has 0 fully saturated rings. The number of hydrogen-bond acceptors (Lipinski definition) is 1. The van der Waals surface area contributed by atoms with Gasteiger partial charge in [0.25, 0.3) is 0 Å². The van der Waals surface area contributed by atoms with E-state index in [1.807, 2.05) is 36.5 Å². The summed E-state index contributed by atoms with van der Waals surface area (Å²) in [5.41, 5.74) is 4.99. The third-order valence-electron chi connectivity index (χ3n) is 5.62. The molecule has 4 aromatic rings. The number of fused-ring (bicyclic) bond motifs is 1. The van der Waals surface area contributed by atoms with Crippen LogP contribution in [0, 0.1) is 11.2 Å². The van der Waals surface area contributed by atoms with E-state index < -0.39 is 0 Å². The number of nitrogens with one attached hydrogen (secondary N) is 2. The molecule has 1 aromatic heterocycles. The summed E-state index contributed by atoms with van der Waals surface area (Å²) in [6.45, 7) is 2.21. The number of benzene rings is 3. The van der Waals surface area contributed by atoms with E-state index >= 15 is 0 Å². The van der Waals surface area contributed by atoms with Crippen LogP contribution in [-0.4, -0.2) is 10.7 Å². The molecule has 0 saturated carbocycles. The van der Waals surface area contributed by atoms with Gasteiger partial charge < -0.3 is 10.4 Å². The van der Waals surface area contributed by atoms with Crippen LogP contribution in [0.4, 0.5) is 4.39 Å². The molecule has 1 atom stereocenters. The van der Waals surface area contributed by atoms with Crippen LogP contribution in [0.3, 0.4) is 0 Å². The molecule has 3 heteroatoms. The fourth-order valence-electron chi connectivity index (χ4n) is 4.12. The Morgan fingerprint density at radius 3 is 2.45 bits per heavy atom. The number of aromatic nitrogens is 1. The normalized spacial score (nSPS) is 13.3. The summed E-state index contributed by atoms with van der Waals surface area (Å²) in [7, 11) is 0. The lowest BCUT2D eigenvalue weighted by atomic mass is 9.73. The van der Waals surface area contributed by atoms with Crippen LogP contribution in [0.2, 0.25) is 0 Å². The van der Waals surface area contributed by atoms with Crippen LogP contribution in [0.1, 0.15) is 30.0 Å². The predicted octanol–water partition coefficient (Wildman–Crippen LogP) is 6.46. The second kappa shape index (κ2) is 8.04. The van der Waals surface area contributed by atoms with Gasteiger partial charge in [0.15, 0.2) is 0 Å². The summed E-state index contributed by atoms with van der Waals surface area (Å²) >= 11 is 0. The van der Waals surface area contributed by atoms with Crippen molar-refractivity contribution < 1.29 is 4.39 Å². The SMILES string of the molecule is CC(CC(=N)Cc1ccccc1)(Cc1ccc(F)cc1)c1ccc2[nH]ccc2c1. The molecule has 3 aromatic carbocycles. The summed E-state index contributed by atoms with van der Waals surface area (Å²) in [6.07, 6.45) is 3.99. The number of aromatic amines is 1. The minimum absolute atomic E-state index is 0.221. The maximum atomic E-state index is 13.4. The summed E-state index contributed by atoms with van der Waals surface area (Å²) < 4.78 is 13.4. The molecule has 4 rings (SSSR count). The van der Waals surface area contributed by atoms with Crippen LogP contribution >= 0.6 is 0 Å². The molecule has 1 heterocycles. The Labute approximate surface area is 170 Å². The van der Waals surface area contributed by atoms with Crippen molar-refractivity contribution >= 4 is 16.6 Å². The summed E-state index contributed by atoms with van der Waals surface area (Å²) in [6, 6.07) is 25.4. The Balaban J connectivity index is 1.65. The Hall–Kier alpha value is -3.20. The molecule has 0 aliphatic heterocycles. The zero-order valence-electron chi connectivity index (χ0n) is 16.6. The van der Waals surface area contributed by atoms with E-state index in [4.69, 9.17) is 5.41 Å². The van der Waals surface area contributed by atoms with Crippen molar-refractivity contribution in [3.8, 4) is 0 Å². The second-order valence-corrected chi connectivity index (χ2v) is 8.09. The molecule has 0 bridgehead atoms. The quantitative estimate of drug-likeness (QED) is 0.343. The number of rotatable bonds is 7. The van der Waals surface area contributed by atoms with Crippen LogP contribution in [0.15, 0.2) is 85.1 Å². The lowest BCUT2D eigenvalue weighted by Gasteiger charge is -2.31. The van der Waals surface area contributed by atoms with Crippen molar-refractivity contribution in [3.63, 3.8) is 0 Å². The average Bonchev–Trinajstić information content (AvgIpc) is 3.18.